The molecule has 1 aromatic heterocycles. The summed E-state index contributed by atoms with van der Waals surface area (Å²) >= 11 is 0. The Morgan fingerprint density at radius 3 is 2.59 bits per heavy atom. The zero-order valence-corrected chi connectivity index (χ0v) is 14.7. The SMILES string of the molecule is CCCC1=NC(C(F)(F)F)=C(C#N)C(c2ccc3n[nH]c(C)c3c2)C1C#N. The summed E-state index contributed by atoms with van der Waals surface area (Å²) in [5, 5.41) is 26.9. The van der Waals surface area contributed by atoms with Crippen LogP contribution in [0.15, 0.2) is 34.5 Å². The fraction of sp³-hybridized carbons (Fsp3) is 0.368. The molecule has 3 rings (SSSR count). The molecule has 0 aliphatic carbocycles. The summed E-state index contributed by atoms with van der Waals surface area (Å²) in [6.07, 6.45) is -3.95. The maximum absolute atomic E-state index is 13.6. The highest BCUT2D eigenvalue weighted by molar-refractivity contribution is 5.93. The molecule has 2 unspecified atom stereocenters. The number of aromatic nitrogens is 2. The third-order valence-corrected chi connectivity index (χ3v) is 4.68. The number of nitrogens with one attached hydrogen (secondary N) is 1. The fourth-order valence-corrected chi connectivity index (χ4v) is 3.44. The molecule has 1 N–H and O–H groups in total. The Morgan fingerprint density at radius 2 is 2.00 bits per heavy atom. The average molecular weight is 371 g/mol. The predicted molar refractivity (Wildman–Crippen MR) is 93.7 cm³/mol. The minimum absolute atomic E-state index is 0.167. The van der Waals surface area contributed by atoms with E-state index >= 15 is 0 Å². The predicted octanol–water partition coefficient (Wildman–Crippen LogP) is 4.69. The summed E-state index contributed by atoms with van der Waals surface area (Å²) in [5.41, 5.74) is 0.350. The standard InChI is InChI=1S/C19H16F3N5/c1-3-4-15-13(8-23)17(14(9-24)18(25-15)19(20,21)22)11-5-6-16-12(7-11)10(2)26-27-16/h5-7,13,17H,3-4H2,1-2H3,(H,26,27). The molecule has 1 aliphatic rings. The van der Waals surface area contributed by atoms with Crippen molar-refractivity contribution in [1.82, 2.24) is 10.2 Å². The Morgan fingerprint density at radius 1 is 1.26 bits per heavy atom. The normalized spacial score (nSPS) is 20.3. The number of H-pyrrole nitrogens is 1. The molecule has 5 nitrogen and oxygen atoms in total. The molecule has 2 aromatic rings. The minimum atomic E-state index is -4.77. The highest BCUT2D eigenvalue weighted by Gasteiger charge is 2.45. The van der Waals surface area contributed by atoms with Gasteiger partial charge in [-0.25, -0.2) is 0 Å². The van der Waals surface area contributed by atoms with Crippen LogP contribution in [0.2, 0.25) is 0 Å². The number of allylic oxidation sites excluding steroid dienone is 2. The molecule has 0 amide bonds. The lowest BCUT2D eigenvalue weighted by atomic mass is 9.75. The number of aryl methyl sites for hydroxylation is 1. The number of fused-ring (bicyclic) bond motifs is 1. The number of nitriles is 2. The first-order valence-corrected chi connectivity index (χ1v) is 8.45. The number of hydrogen-bond acceptors (Lipinski definition) is 4. The second-order valence-corrected chi connectivity index (χ2v) is 6.43. The van der Waals surface area contributed by atoms with E-state index in [1.165, 1.54) is 0 Å². The Balaban J connectivity index is 2.27. The molecule has 138 valence electrons. The van der Waals surface area contributed by atoms with E-state index in [1.54, 1.807) is 31.2 Å². The lowest BCUT2D eigenvalue weighted by Gasteiger charge is -2.29. The Hall–Kier alpha value is -3.13. The van der Waals surface area contributed by atoms with Gasteiger partial charge < -0.3 is 0 Å². The molecule has 0 spiro atoms. The van der Waals surface area contributed by atoms with Crippen molar-refractivity contribution in [3.63, 3.8) is 0 Å². The van der Waals surface area contributed by atoms with Crippen molar-refractivity contribution in [3.05, 3.63) is 40.7 Å². The maximum Gasteiger partial charge on any atom is 0.434 e. The molecule has 1 aromatic carbocycles. The smallest absolute Gasteiger partial charge is 0.282 e. The van der Waals surface area contributed by atoms with Crippen LogP contribution < -0.4 is 0 Å². The van der Waals surface area contributed by atoms with E-state index in [4.69, 9.17) is 0 Å². The van der Waals surface area contributed by atoms with Gasteiger partial charge in [-0.05, 0) is 31.0 Å². The number of benzene rings is 1. The molecule has 1 aliphatic heterocycles. The maximum atomic E-state index is 13.6. The molecule has 8 heteroatoms. The van der Waals surface area contributed by atoms with Crippen molar-refractivity contribution >= 4 is 16.6 Å². The number of hydrogen-bond donors (Lipinski definition) is 1. The van der Waals surface area contributed by atoms with Crippen LogP contribution in [-0.2, 0) is 0 Å². The third-order valence-electron chi connectivity index (χ3n) is 4.68. The van der Waals surface area contributed by atoms with E-state index in [0.29, 0.717) is 17.5 Å². The van der Waals surface area contributed by atoms with Gasteiger partial charge >= 0.3 is 6.18 Å². The van der Waals surface area contributed by atoms with Gasteiger partial charge in [-0.3, -0.25) is 10.1 Å². The van der Waals surface area contributed by atoms with Gasteiger partial charge in [-0.2, -0.15) is 28.8 Å². The highest BCUT2D eigenvalue weighted by Crippen LogP contribution is 2.44. The van der Waals surface area contributed by atoms with Crippen LogP contribution >= 0.6 is 0 Å². The van der Waals surface area contributed by atoms with Crippen molar-refractivity contribution in [1.29, 1.82) is 10.5 Å². The first-order valence-electron chi connectivity index (χ1n) is 8.45. The van der Waals surface area contributed by atoms with Gasteiger partial charge in [0, 0.05) is 22.7 Å². The summed E-state index contributed by atoms with van der Waals surface area (Å²) < 4.78 is 40.7. The second kappa shape index (κ2) is 6.88. The van der Waals surface area contributed by atoms with E-state index in [2.05, 4.69) is 21.3 Å². The highest BCUT2D eigenvalue weighted by atomic mass is 19.4. The number of alkyl halides is 3. The summed E-state index contributed by atoms with van der Waals surface area (Å²) in [6, 6.07) is 8.74. The molecule has 0 bridgehead atoms. The topological polar surface area (TPSA) is 88.6 Å². The van der Waals surface area contributed by atoms with Crippen molar-refractivity contribution in [2.75, 3.05) is 0 Å². The molecule has 0 saturated heterocycles. The number of aliphatic imine (C=N–C) groups is 1. The Kier molecular flexibility index (Phi) is 4.75. The number of nitrogens with zero attached hydrogens (tertiary/aromatic N) is 4. The summed E-state index contributed by atoms with van der Waals surface area (Å²) in [5.74, 6) is -1.94. The zero-order valence-electron chi connectivity index (χ0n) is 14.7. The Bertz CT molecular complexity index is 1030. The van der Waals surface area contributed by atoms with Crippen LogP contribution in [0.25, 0.3) is 10.9 Å². The van der Waals surface area contributed by atoms with Crippen LogP contribution in [-0.4, -0.2) is 22.1 Å². The summed E-state index contributed by atoms with van der Waals surface area (Å²) in [4.78, 5) is 3.70. The molecule has 0 saturated carbocycles. The quantitative estimate of drug-likeness (QED) is 0.849. The van der Waals surface area contributed by atoms with Crippen LogP contribution in [0.5, 0.6) is 0 Å². The van der Waals surface area contributed by atoms with Crippen LogP contribution in [0.4, 0.5) is 13.2 Å². The number of rotatable bonds is 3. The molecular weight excluding hydrogens is 355 g/mol. The van der Waals surface area contributed by atoms with Crippen LogP contribution in [0, 0.1) is 35.5 Å². The van der Waals surface area contributed by atoms with Gasteiger partial charge in [-0.1, -0.05) is 19.4 Å². The second-order valence-electron chi connectivity index (χ2n) is 6.43. The number of aromatic amines is 1. The summed E-state index contributed by atoms with van der Waals surface area (Å²) in [7, 11) is 0. The molecule has 2 atom stereocenters. The van der Waals surface area contributed by atoms with E-state index in [-0.39, 0.29) is 12.1 Å². The van der Waals surface area contributed by atoms with Gasteiger partial charge in [0.1, 0.15) is 0 Å². The molecule has 27 heavy (non-hydrogen) atoms. The zero-order chi connectivity index (χ0) is 19.8. The molecule has 0 radical (unpaired) electrons. The first kappa shape index (κ1) is 18.7. The largest absolute Gasteiger partial charge is 0.434 e. The number of halogens is 3. The van der Waals surface area contributed by atoms with Crippen LogP contribution in [0.1, 0.15) is 36.9 Å². The lowest BCUT2D eigenvalue weighted by Crippen LogP contribution is -2.30. The molecule has 2 heterocycles. The molecular formula is C19H16F3N5. The van der Waals surface area contributed by atoms with Gasteiger partial charge in [0.05, 0.1) is 29.1 Å². The third kappa shape index (κ3) is 3.19. The van der Waals surface area contributed by atoms with Crippen molar-refractivity contribution < 1.29 is 13.2 Å². The lowest BCUT2D eigenvalue weighted by molar-refractivity contribution is -0.0935. The Labute approximate surface area is 153 Å². The summed E-state index contributed by atoms with van der Waals surface area (Å²) in [6.45, 7) is 3.61. The van der Waals surface area contributed by atoms with Crippen molar-refractivity contribution in [2.24, 2.45) is 10.9 Å². The van der Waals surface area contributed by atoms with E-state index < -0.39 is 29.3 Å². The monoisotopic (exact) mass is 371 g/mol. The first-order chi connectivity index (χ1) is 12.8. The van der Waals surface area contributed by atoms with E-state index in [0.717, 1.165) is 11.1 Å². The van der Waals surface area contributed by atoms with E-state index in [1.807, 2.05) is 6.92 Å². The van der Waals surface area contributed by atoms with Crippen LogP contribution in [0.3, 0.4) is 0 Å². The van der Waals surface area contributed by atoms with Crippen molar-refractivity contribution in [2.45, 2.75) is 38.8 Å². The average Bonchev–Trinajstić information content (AvgIpc) is 3.00. The van der Waals surface area contributed by atoms with Gasteiger partial charge in [0.25, 0.3) is 0 Å². The molecule has 0 fully saturated rings. The van der Waals surface area contributed by atoms with Gasteiger partial charge in [0.15, 0.2) is 5.70 Å². The van der Waals surface area contributed by atoms with E-state index in [9.17, 15) is 23.7 Å². The van der Waals surface area contributed by atoms with Gasteiger partial charge in [-0.15, -0.1) is 0 Å². The van der Waals surface area contributed by atoms with Crippen molar-refractivity contribution in [3.8, 4) is 12.1 Å². The fourth-order valence-electron chi connectivity index (χ4n) is 3.44. The van der Waals surface area contributed by atoms with Gasteiger partial charge in [0.2, 0.25) is 0 Å². The minimum Gasteiger partial charge on any atom is -0.282 e.